The van der Waals surface area contributed by atoms with Gasteiger partial charge in [-0.3, -0.25) is 4.79 Å². The highest BCUT2D eigenvalue weighted by molar-refractivity contribution is 5.88. The van der Waals surface area contributed by atoms with Crippen LogP contribution in [0.3, 0.4) is 0 Å². The van der Waals surface area contributed by atoms with Crippen LogP contribution in [0.2, 0.25) is 0 Å². The number of hydrogen-bond donors (Lipinski definition) is 3. The average Bonchev–Trinajstić information content (AvgIpc) is 3.19. The van der Waals surface area contributed by atoms with Crippen LogP contribution in [0.5, 0.6) is 0 Å². The number of aliphatic hydroxyl groups is 1. The topological polar surface area (TPSA) is 128 Å². The van der Waals surface area contributed by atoms with Gasteiger partial charge in [-0.25, -0.2) is 14.9 Å². The monoisotopic (exact) mass is 504 g/mol. The second kappa shape index (κ2) is 9.75. The van der Waals surface area contributed by atoms with Crippen molar-refractivity contribution in [3.63, 3.8) is 0 Å². The standard InChI is InChI=1S/C28H44N2O6/c1-6-26(4)15-21(36-25(34)30-24(33)35-19-9-7-18(29)8-10-19)27(5)16(2)11-13-28(17(3)23(26)32)14-12-20(31)22(27)28/h6,16-19,21-23,32H,1,7-15,29H2,2-5H3,(H,30,33,34)/t16?,17-,18-,19-,21+,22?,23-,26+,27-,28-/m0/s1. The van der Waals surface area contributed by atoms with E-state index in [1.807, 2.05) is 6.92 Å². The van der Waals surface area contributed by atoms with E-state index in [4.69, 9.17) is 15.2 Å². The first kappa shape index (κ1) is 27.1. The maximum absolute atomic E-state index is 13.4. The number of rotatable bonds is 3. The van der Waals surface area contributed by atoms with E-state index in [-0.39, 0.29) is 41.1 Å². The third kappa shape index (κ3) is 4.38. The first-order valence-corrected chi connectivity index (χ1v) is 13.7. The van der Waals surface area contributed by atoms with E-state index in [0.717, 1.165) is 32.1 Å². The summed E-state index contributed by atoms with van der Waals surface area (Å²) in [6.45, 7) is 12.2. The van der Waals surface area contributed by atoms with E-state index in [1.165, 1.54) is 0 Å². The largest absolute Gasteiger partial charge is 0.446 e. The third-order valence-electron chi connectivity index (χ3n) is 10.7. The lowest BCUT2D eigenvalue weighted by Gasteiger charge is -2.61. The number of ether oxygens (including phenoxy) is 2. The van der Waals surface area contributed by atoms with Gasteiger partial charge in [-0.15, -0.1) is 6.58 Å². The predicted molar refractivity (Wildman–Crippen MR) is 135 cm³/mol. The summed E-state index contributed by atoms with van der Waals surface area (Å²) in [4.78, 5) is 38.9. The Kier molecular flexibility index (Phi) is 7.34. The van der Waals surface area contributed by atoms with Crippen molar-refractivity contribution in [2.45, 2.75) is 110 Å². The minimum absolute atomic E-state index is 0.0999. The molecule has 2 unspecified atom stereocenters. The SMILES string of the molecule is C=C[C@]1(C)C[C@@H](OC(=O)NC(=O)O[C@H]2CC[C@H](N)CC2)[C@]2(C)C(C)CC[C@]3(CCC(=O)C32)[C@@H](C)[C@@H]1O. The number of amides is 2. The predicted octanol–water partition coefficient (Wildman–Crippen LogP) is 4.48. The van der Waals surface area contributed by atoms with Crippen LogP contribution in [-0.4, -0.2) is 47.4 Å². The summed E-state index contributed by atoms with van der Waals surface area (Å²) in [6, 6.07) is 0.123. The van der Waals surface area contributed by atoms with Gasteiger partial charge in [0.15, 0.2) is 0 Å². The molecule has 8 nitrogen and oxygen atoms in total. The van der Waals surface area contributed by atoms with Crippen LogP contribution in [0.1, 0.15) is 85.5 Å². The Morgan fingerprint density at radius 2 is 1.72 bits per heavy atom. The van der Waals surface area contributed by atoms with E-state index < -0.39 is 35.2 Å². The van der Waals surface area contributed by atoms with E-state index >= 15 is 0 Å². The molecule has 0 aromatic carbocycles. The molecule has 2 bridgehead atoms. The van der Waals surface area contributed by atoms with Crippen molar-refractivity contribution in [1.29, 1.82) is 0 Å². The second-order valence-electron chi connectivity index (χ2n) is 12.5. The molecule has 8 atom stereocenters. The fraction of sp³-hybridized carbons (Fsp3) is 0.821. The molecule has 4 N–H and O–H groups in total. The van der Waals surface area contributed by atoms with E-state index in [9.17, 15) is 19.5 Å². The lowest BCUT2D eigenvalue weighted by molar-refractivity contribution is -0.191. The van der Waals surface area contributed by atoms with Crippen molar-refractivity contribution < 1.29 is 29.0 Å². The zero-order chi connectivity index (χ0) is 26.5. The summed E-state index contributed by atoms with van der Waals surface area (Å²) in [6.07, 6.45) is 4.49. The molecule has 202 valence electrons. The molecular weight excluding hydrogens is 460 g/mol. The molecule has 4 aliphatic rings. The van der Waals surface area contributed by atoms with Crippen molar-refractivity contribution in [3.05, 3.63) is 12.7 Å². The first-order chi connectivity index (χ1) is 16.9. The Hall–Kier alpha value is -1.93. The molecule has 4 rings (SSSR count). The molecule has 4 aliphatic carbocycles. The molecule has 0 aromatic rings. The van der Waals surface area contributed by atoms with Gasteiger partial charge in [0.05, 0.1) is 6.10 Å². The molecule has 0 aliphatic heterocycles. The summed E-state index contributed by atoms with van der Waals surface area (Å²) >= 11 is 0. The first-order valence-electron chi connectivity index (χ1n) is 13.7. The molecule has 4 fully saturated rings. The number of hydrogen-bond acceptors (Lipinski definition) is 7. The number of nitrogens with one attached hydrogen (secondary N) is 1. The molecular formula is C28H44N2O6. The Bertz CT molecular complexity index is 900. The van der Waals surface area contributed by atoms with Gasteiger partial charge in [0.25, 0.3) is 0 Å². The van der Waals surface area contributed by atoms with Gasteiger partial charge < -0.3 is 20.3 Å². The third-order valence-corrected chi connectivity index (χ3v) is 10.7. The van der Waals surface area contributed by atoms with Crippen LogP contribution in [0.4, 0.5) is 9.59 Å². The summed E-state index contributed by atoms with van der Waals surface area (Å²) < 4.78 is 11.4. The lowest BCUT2D eigenvalue weighted by atomic mass is 9.44. The van der Waals surface area contributed by atoms with Crippen molar-refractivity contribution >= 4 is 18.0 Å². The Morgan fingerprint density at radius 1 is 1.08 bits per heavy atom. The zero-order valence-corrected chi connectivity index (χ0v) is 22.3. The van der Waals surface area contributed by atoms with Crippen LogP contribution in [-0.2, 0) is 14.3 Å². The van der Waals surface area contributed by atoms with Gasteiger partial charge in [-0.05, 0) is 68.6 Å². The van der Waals surface area contributed by atoms with Gasteiger partial charge in [0.2, 0.25) is 0 Å². The number of Topliss-reactive ketones (excluding diaryl/α,β-unsaturated/α-hetero) is 1. The Morgan fingerprint density at radius 3 is 2.36 bits per heavy atom. The number of alkyl carbamates (subject to hydrolysis) is 2. The summed E-state index contributed by atoms with van der Waals surface area (Å²) in [7, 11) is 0. The molecule has 4 saturated carbocycles. The van der Waals surface area contributed by atoms with Crippen molar-refractivity contribution in [3.8, 4) is 0 Å². The van der Waals surface area contributed by atoms with Gasteiger partial charge in [-0.1, -0.05) is 33.8 Å². The van der Waals surface area contributed by atoms with Crippen LogP contribution in [0.15, 0.2) is 12.7 Å². The number of aliphatic hydroxyl groups excluding tert-OH is 1. The van der Waals surface area contributed by atoms with Gasteiger partial charge in [-0.2, -0.15) is 0 Å². The number of imide groups is 1. The lowest BCUT2D eigenvalue weighted by Crippen LogP contribution is -2.63. The molecule has 0 radical (unpaired) electrons. The minimum Gasteiger partial charge on any atom is -0.446 e. The summed E-state index contributed by atoms with van der Waals surface area (Å²) in [5.74, 6) is -0.110. The van der Waals surface area contributed by atoms with Crippen molar-refractivity contribution in [2.24, 2.45) is 39.7 Å². The number of nitrogens with two attached hydrogens (primary N) is 1. The molecule has 2 amide bonds. The van der Waals surface area contributed by atoms with Crippen LogP contribution < -0.4 is 11.1 Å². The van der Waals surface area contributed by atoms with Crippen LogP contribution in [0, 0.1) is 34.0 Å². The van der Waals surface area contributed by atoms with E-state index in [2.05, 4.69) is 32.7 Å². The maximum atomic E-state index is 13.4. The Labute approximate surface area is 214 Å². The van der Waals surface area contributed by atoms with E-state index in [1.54, 1.807) is 6.08 Å². The minimum atomic E-state index is -0.887. The molecule has 36 heavy (non-hydrogen) atoms. The molecule has 0 heterocycles. The van der Waals surface area contributed by atoms with Gasteiger partial charge in [0, 0.05) is 29.2 Å². The highest BCUT2D eigenvalue weighted by Crippen LogP contribution is 2.67. The van der Waals surface area contributed by atoms with Crippen molar-refractivity contribution in [1.82, 2.24) is 5.32 Å². The van der Waals surface area contributed by atoms with E-state index in [0.29, 0.717) is 25.7 Å². The Balaban J connectivity index is 1.59. The molecule has 0 spiro atoms. The molecule has 0 aromatic heterocycles. The van der Waals surface area contributed by atoms with Gasteiger partial charge >= 0.3 is 12.2 Å². The number of carbonyl (C=O) groups excluding carboxylic acids is 3. The second-order valence-corrected chi connectivity index (χ2v) is 12.5. The zero-order valence-electron chi connectivity index (χ0n) is 22.3. The molecule has 8 heteroatoms. The fourth-order valence-corrected chi connectivity index (χ4v) is 8.13. The average molecular weight is 505 g/mol. The van der Waals surface area contributed by atoms with Crippen LogP contribution >= 0.6 is 0 Å². The maximum Gasteiger partial charge on any atom is 0.416 e. The normalized spacial score (nSPS) is 46.6. The van der Waals surface area contributed by atoms with Gasteiger partial charge in [0.1, 0.15) is 18.0 Å². The number of ketones is 1. The fourth-order valence-electron chi connectivity index (χ4n) is 8.13. The number of carbonyl (C=O) groups is 3. The summed E-state index contributed by atoms with van der Waals surface area (Å²) in [5.41, 5.74) is 4.21. The molecule has 0 saturated heterocycles. The van der Waals surface area contributed by atoms with Crippen LogP contribution in [0.25, 0.3) is 0 Å². The highest BCUT2D eigenvalue weighted by atomic mass is 16.6. The quantitative estimate of drug-likeness (QED) is 0.483. The highest BCUT2D eigenvalue weighted by Gasteiger charge is 2.68. The smallest absolute Gasteiger partial charge is 0.416 e. The van der Waals surface area contributed by atoms with Crippen molar-refractivity contribution in [2.75, 3.05) is 0 Å². The summed E-state index contributed by atoms with van der Waals surface area (Å²) in [5, 5.41) is 13.8.